The van der Waals surface area contributed by atoms with E-state index in [2.05, 4.69) is 13.8 Å². The Kier molecular flexibility index (Phi) is 5.97. The zero-order valence-electron chi connectivity index (χ0n) is 14.2. The molecular formula is C20H26F2O. The molecule has 3 heteroatoms. The Balaban J connectivity index is 2.05. The average molecular weight is 320 g/mol. The number of alkyl halides is 2. The van der Waals surface area contributed by atoms with Crippen LogP contribution in [0.3, 0.4) is 0 Å². The Morgan fingerprint density at radius 3 is 2.26 bits per heavy atom. The zero-order chi connectivity index (χ0) is 16.9. The van der Waals surface area contributed by atoms with Crippen LogP contribution in [0.1, 0.15) is 45.6 Å². The predicted octanol–water partition coefficient (Wildman–Crippen LogP) is 6.16. The minimum Gasteiger partial charge on any atom is -0.432 e. The number of aryl methyl sites for hydroxylation is 1. The van der Waals surface area contributed by atoms with Gasteiger partial charge in [-0.25, -0.2) is 0 Å². The summed E-state index contributed by atoms with van der Waals surface area (Å²) in [6, 6.07) is 6.98. The summed E-state index contributed by atoms with van der Waals surface area (Å²) < 4.78 is 34.0. The molecule has 2 rings (SSSR count). The van der Waals surface area contributed by atoms with Crippen LogP contribution in [0.2, 0.25) is 0 Å². The molecule has 0 saturated heterocycles. The highest BCUT2D eigenvalue weighted by Crippen LogP contribution is 2.38. The first kappa shape index (κ1) is 17.7. The second-order valence-electron chi connectivity index (χ2n) is 6.29. The van der Waals surface area contributed by atoms with Crippen LogP contribution in [0.25, 0.3) is 0 Å². The first-order valence-corrected chi connectivity index (χ1v) is 8.51. The summed E-state index contributed by atoms with van der Waals surface area (Å²) in [7, 11) is 0. The summed E-state index contributed by atoms with van der Waals surface area (Å²) in [6.45, 7) is 6.01. The molecule has 2 unspecified atom stereocenters. The van der Waals surface area contributed by atoms with Gasteiger partial charge in [0.05, 0.1) is 5.92 Å². The van der Waals surface area contributed by atoms with Gasteiger partial charge in [0.2, 0.25) is 0 Å². The van der Waals surface area contributed by atoms with Gasteiger partial charge in [-0.3, -0.25) is 0 Å². The second-order valence-corrected chi connectivity index (χ2v) is 6.29. The predicted molar refractivity (Wildman–Crippen MR) is 90.8 cm³/mol. The molecule has 1 aromatic carbocycles. The standard InChI is InChI=1S/C20H26F2O/c1-4-6-16-8-11-18(12-9-16)23-20(21,22)19-13-10-17(7-5-2)14-15(19)3/h8-15,19H,4-7H2,1-3H3. The molecule has 1 nitrogen and oxygen atoms in total. The van der Waals surface area contributed by atoms with Crippen LogP contribution in [-0.2, 0) is 6.42 Å². The molecule has 23 heavy (non-hydrogen) atoms. The van der Waals surface area contributed by atoms with Crippen molar-refractivity contribution in [2.75, 3.05) is 0 Å². The van der Waals surface area contributed by atoms with Gasteiger partial charge in [0.1, 0.15) is 5.75 Å². The van der Waals surface area contributed by atoms with Crippen LogP contribution in [0.4, 0.5) is 8.78 Å². The molecule has 2 atom stereocenters. The van der Waals surface area contributed by atoms with E-state index < -0.39 is 12.0 Å². The van der Waals surface area contributed by atoms with Crippen LogP contribution < -0.4 is 4.74 Å². The molecule has 0 spiro atoms. The van der Waals surface area contributed by atoms with E-state index in [9.17, 15) is 8.78 Å². The summed E-state index contributed by atoms with van der Waals surface area (Å²) >= 11 is 0. The highest BCUT2D eigenvalue weighted by atomic mass is 19.3. The smallest absolute Gasteiger partial charge is 0.404 e. The van der Waals surface area contributed by atoms with E-state index in [4.69, 9.17) is 4.74 Å². The maximum atomic E-state index is 14.5. The van der Waals surface area contributed by atoms with Gasteiger partial charge in [-0.2, -0.15) is 8.78 Å². The summed E-state index contributed by atoms with van der Waals surface area (Å²) in [4.78, 5) is 0. The molecule has 0 N–H and O–H groups in total. The Bertz CT molecular complexity index is 558. The number of allylic oxidation sites excluding steroid dienone is 3. The van der Waals surface area contributed by atoms with Gasteiger partial charge in [0.15, 0.2) is 0 Å². The highest BCUT2D eigenvalue weighted by Gasteiger charge is 2.44. The van der Waals surface area contributed by atoms with E-state index in [1.807, 2.05) is 31.2 Å². The quantitative estimate of drug-likeness (QED) is 0.584. The summed E-state index contributed by atoms with van der Waals surface area (Å²) in [5.41, 5.74) is 2.28. The van der Waals surface area contributed by atoms with Gasteiger partial charge in [-0.05, 0) is 36.5 Å². The maximum absolute atomic E-state index is 14.5. The Labute approximate surface area is 138 Å². The molecule has 0 radical (unpaired) electrons. The van der Waals surface area contributed by atoms with E-state index in [1.54, 1.807) is 18.2 Å². The van der Waals surface area contributed by atoms with Gasteiger partial charge < -0.3 is 4.74 Å². The lowest BCUT2D eigenvalue weighted by Gasteiger charge is -2.30. The van der Waals surface area contributed by atoms with Crippen molar-refractivity contribution in [3.63, 3.8) is 0 Å². The summed E-state index contributed by atoms with van der Waals surface area (Å²) in [5, 5.41) is 0. The molecule has 1 aromatic rings. The third kappa shape index (κ3) is 4.66. The van der Waals surface area contributed by atoms with Crippen LogP contribution in [0.15, 0.2) is 48.1 Å². The van der Waals surface area contributed by atoms with Crippen molar-refractivity contribution in [3.05, 3.63) is 53.6 Å². The minimum absolute atomic E-state index is 0.221. The summed E-state index contributed by atoms with van der Waals surface area (Å²) in [5.74, 6) is -0.951. The Hall–Kier alpha value is -1.64. The van der Waals surface area contributed by atoms with E-state index in [0.717, 1.165) is 36.8 Å². The van der Waals surface area contributed by atoms with Crippen molar-refractivity contribution in [1.82, 2.24) is 0 Å². The molecule has 0 aliphatic heterocycles. The number of benzene rings is 1. The molecular weight excluding hydrogens is 294 g/mol. The molecule has 0 heterocycles. The topological polar surface area (TPSA) is 9.23 Å². The van der Waals surface area contributed by atoms with Gasteiger partial charge >= 0.3 is 6.11 Å². The molecule has 0 bridgehead atoms. The van der Waals surface area contributed by atoms with E-state index in [1.165, 1.54) is 0 Å². The van der Waals surface area contributed by atoms with Crippen molar-refractivity contribution in [1.29, 1.82) is 0 Å². The van der Waals surface area contributed by atoms with Crippen LogP contribution in [-0.4, -0.2) is 6.11 Å². The first-order chi connectivity index (χ1) is 11.0. The lowest BCUT2D eigenvalue weighted by molar-refractivity contribution is -0.211. The van der Waals surface area contributed by atoms with Gasteiger partial charge in [-0.1, -0.05) is 69.5 Å². The largest absolute Gasteiger partial charge is 0.432 e. The van der Waals surface area contributed by atoms with Crippen LogP contribution >= 0.6 is 0 Å². The number of halogens is 2. The molecule has 0 aromatic heterocycles. The number of hydrogen-bond donors (Lipinski definition) is 0. The summed E-state index contributed by atoms with van der Waals surface area (Å²) in [6.07, 6.45) is 6.07. The fourth-order valence-electron chi connectivity index (χ4n) is 3.01. The normalized spacial score (nSPS) is 21.2. The fraction of sp³-hybridized carbons (Fsp3) is 0.500. The van der Waals surface area contributed by atoms with Gasteiger partial charge in [0, 0.05) is 0 Å². The number of hydrogen-bond acceptors (Lipinski definition) is 1. The van der Waals surface area contributed by atoms with Gasteiger partial charge in [0.25, 0.3) is 0 Å². The molecule has 0 fully saturated rings. The van der Waals surface area contributed by atoms with Crippen molar-refractivity contribution in [2.45, 2.75) is 52.6 Å². The third-order valence-electron chi connectivity index (χ3n) is 4.20. The third-order valence-corrected chi connectivity index (χ3v) is 4.20. The second kappa shape index (κ2) is 7.76. The molecule has 1 aliphatic carbocycles. The Morgan fingerprint density at radius 2 is 1.70 bits per heavy atom. The molecule has 126 valence electrons. The van der Waals surface area contributed by atoms with E-state index >= 15 is 0 Å². The zero-order valence-corrected chi connectivity index (χ0v) is 14.2. The molecule has 0 amide bonds. The van der Waals surface area contributed by atoms with Crippen LogP contribution in [0.5, 0.6) is 5.75 Å². The van der Waals surface area contributed by atoms with E-state index in [-0.39, 0.29) is 11.7 Å². The SMILES string of the molecule is CCCC1=CC(C)C(C(F)(F)Oc2ccc(CCC)cc2)C=C1. The monoisotopic (exact) mass is 320 g/mol. The van der Waals surface area contributed by atoms with Crippen molar-refractivity contribution >= 4 is 0 Å². The van der Waals surface area contributed by atoms with Crippen molar-refractivity contribution in [2.24, 2.45) is 11.8 Å². The van der Waals surface area contributed by atoms with Gasteiger partial charge in [-0.15, -0.1) is 0 Å². The lowest BCUT2D eigenvalue weighted by Crippen LogP contribution is -2.37. The maximum Gasteiger partial charge on any atom is 0.404 e. The molecule has 1 aliphatic rings. The van der Waals surface area contributed by atoms with Crippen molar-refractivity contribution in [3.8, 4) is 5.75 Å². The number of ether oxygens (including phenoxy) is 1. The van der Waals surface area contributed by atoms with E-state index in [0.29, 0.717) is 0 Å². The number of rotatable bonds is 7. The first-order valence-electron chi connectivity index (χ1n) is 8.51. The fourth-order valence-corrected chi connectivity index (χ4v) is 3.01. The minimum atomic E-state index is -3.21. The lowest BCUT2D eigenvalue weighted by atomic mass is 9.85. The van der Waals surface area contributed by atoms with Crippen molar-refractivity contribution < 1.29 is 13.5 Å². The van der Waals surface area contributed by atoms with Crippen LogP contribution in [0, 0.1) is 11.8 Å². The Morgan fingerprint density at radius 1 is 1.04 bits per heavy atom. The highest BCUT2D eigenvalue weighted by molar-refractivity contribution is 5.29. The average Bonchev–Trinajstić information content (AvgIpc) is 2.49. The molecule has 0 saturated carbocycles.